The fourth-order valence-electron chi connectivity index (χ4n) is 6.05. The first kappa shape index (κ1) is 25.3. The first-order valence-corrected chi connectivity index (χ1v) is 12.1. The van der Waals surface area contributed by atoms with Crippen molar-refractivity contribution in [3.63, 3.8) is 0 Å². The standard InChI is InChI=1S/C23H35NO10/c1-11-5-6-15-12(2)20(30-17(27)8-7-16(26)24-18(13(3)25)19(28)29)31-21-23(15)14(11)9-10-22(4,32-21)33-34-23/h11-15,18,20-21,25H,5-10H2,1-4H3,(H,24,26)(H,28,29)/t11-,12-,13-,14+,15+,18-,20-,21-,22-,23-/m1/s1. The molecule has 0 aromatic rings. The Morgan fingerprint density at radius 3 is 2.53 bits per heavy atom. The summed E-state index contributed by atoms with van der Waals surface area (Å²) in [5.74, 6) is -3.19. The molecule has 11 nitrogen and oxygen atoms in total. The van der Waals surface area contributed by atoms with Gasteiger partial charge in [0.1, 0.15) is 0 Å². The number of aliphatic hydroxyl groups is 1. The Morgan fingerprint density at radius 2 is 1.85 bits per heavy atom. The van der Waals surface area contributed by atoms with E-state index in [0.29, 0.717) is 12.3 Å². The number of carboxylic acid groups (broad SMARTS) is 1. The molecule has 1 saturated carbocycles. The largest absolute Gasteiger partial charge is 0.480 e. The van der Waals surface area contributed by atoms with Crippen molar-refractivity contribution in [2.45, 2.75) is 102 Å². The minimum atomic E-state index is -1.45. The molecule has 1 spiro atoms. The van der Waals surface area contributed by atoms with Crippen molar-refractivity contribution < 1.29 is 48.6 Å². The van der Waals surface area contributed by atoms with Gasteiger partial charge in [-0.2, -0.15) is 0 Å². The number of hydrogen-bond donors (Lipinski definition) is 3. The van der Waals surface area contributed by atoms with Crippen LogP contribution in [0.1, 0.15) is 66.2 Å². The molecule has 0 aromatic carbocycles. The third-order valence-electron chi connectivity index (χ3n) is 7.97. The number of aliphatic hydroxyl groups excluding tert-OH is 1. The van der Waals surface area contributed by atoms with Crippen molar-refractivity contribution in [2.75, 3.05) is 0 Å². The lowest BCUT2D eigenvalue weighted by Crippen LogP contribution is -2.70. The Kier molecular flexibility index (Phi) is 6.96. The monoisotopic (exact) mass is 485 g/mol. The Labute approximate surface area is 198 Å². The van der Waals surface area contributed by atoms with Gasteiger partial charge in [0.05, 0.1) is 12.5 Å². The van der Waals surface area contributed by atoms with Gasteiger partial charge in [-0.05, 0) is 44.9 Å². The summed E-state index contributed by atoms with van der Waals surface area (Å²) >= 11 is 0. The number of aliphatic carboxylic acids is 1. The minimum Gasteiger partial charge on any atom is -0.480 e. The van der Waals surface area contributed by atoms with Crippen molar-refractivity contribution in [3.8, 4) is 0 Å². The summed E-state index contributed by atoms with van der Waals surface area (Å²) in [7, 11) is 0. The van der Waals surface area contributed by atoms with Crippen LogP contribution in [0, 0.1) is 23.7 Å². The van der Waals surface area contributed by atoms with Gasteiger partial charge in [-0.3, -0.25) is 9.59 Å². The maximum absolute atomic E-state index is 12.5. The molecule has 11 heteroatoms. The fourth-order valence-corrected chi connectivity index (χ4v) is 6.05. The topological polar surface area (TPSA) is 150 Å². The van der Waals surface area contributed by atoms with Gasteiger partial charge >= 0.3 is 11.9 Å². The number of amides is 1. The number of ether oxygens (including phenoxy) is 3. The molecule has 0 radical (unpaired) electrons. The lowest BCUT2D eigenvalue weighted by atomic mass is 9.58. The second kappa shape index (κ2) is 9.34. The summed E-state index contributed by atoms with van der Waals surface area (Å²) in [5, 5.41) is 20.8. The van der Waals surface area contributed by atoms with Gasteiger partial charge in [0.25, 0.3) is 0 Å². The van der Waals surface area contributed by atoms with Crippen molar-refractivity contribution in [2.24, 2.45) is 23.7 Å². The zero-order valence-electron chi connectivity index (χ0n) is 20.0. The number of hydrogen-bond acceptors (Lipinski definition) is 9. The first-order valence-electron chi connectivity index (χ1n) is 12.1. The highest BCUT2D eigenvalue weighted by Crippen LogP contribution is 2.60. The molecule has 0 unspecified atom stereocenters. The third-order valence-corrected chi connectivity index (χ3v) is 7.97. The van der Waals surface area contributed by atoms with Gasteiger partial charge in [0.15, 0.2) is 17.9 Å². The summed E-state index contributed by atoms with van der Waals surface area (Å²) in [6.45, 7) is 7.24. The van der Waals surface area contributed by atoms with Crippen LogP contribution in [0.4, 0.5) is 0 Å². The molecule has 1 aliphatic carbocycles. The van der Waals surface area contributed by atoms with Crippen LogP contribution in [0.3, 0.4) is 0 Å². The van der Waals surface area contributed by atoms with Crippen LogP contribution < -0.4 is 5.32 Å². The van der Waals surface area contributed by atoms with Crippen LogP contribution in [0.2, 0.25) is 0 Å². The highest BCUT2D eigenvalue weighted by Gasteiger charge is 2.69. The first-order chi connectivity index (χ1) is 16.0. The van der Waals surface area contributed by atoms with E-state index in [4.69, 9.17) is 29.1 Å². The van der Waals surface area contributed by atoms with Crippen LogP contribution in [-0.4, -0.2) is 64.2 Å². The smallest absolute Gasteiger partial charge is 0.328 e. The van der Waals surface area contributed by atoms with E-state index in [9.17, 15) is 19.5 Å². The van der Waals surface area contributed by atoms with E-state index < -0.39 is 54.0 Å². The number of carboxylic acids is 1. The summed E-state index contributed by atoms with van der Waals surface area (Å²) in [6.07, 6.45) is 0.00572. The third kappa shape index (κ3) is 4.44. The van der Waals surface area contributed by atoms with Crippen LogP contribution in [0.25, 0.3) is 0 Å². The van der Waals surface area contributed by atoms with Crippen molar-refractivity contribution in [1.82, 2.24) is 5.32 Å². The van der Waals surface area contributed by atoms with Gasteiger partial charge in [-0.1, -0.05) is 13.8 Å². The molecular weight excluding hydrogens is 450 g/mol. The lowest BCUT2D eigenvalue weighted by molar-refractivity contribution is -0.576. The molecule has 5 rings (SSSR count). The molecule has 4 aliphatic heterocycles. The maximum Gasteiger partial charge on any atom is 0.328 e. The molecule has 4 saturated heterocycles. The van der Waals surface area contributed by atoms with Gasteiger partial charge in [-0.25, -0.2) is 14.6 Å². The van der Waals surface area contributed by atoms with Crippen LogP contribution in [-0.2, 0) is 38.4 Å². The molecule has 1 amide bonds. The number of fused-ring (bicyclic) bond motifs is 2. The average Bonchev–Trinajstić information content (AvgIpc) is 2.99. The van der Waals surface area contributed by atoms with Gasteiger partial charge in [-0.15, -0.1) is 0 Å². The molecule has 34 heavy (non-hydrogen) atoms. The summed E-state index contributed by atoms with van der Waals surface area (Å²) in [5.41, 5.74) is -0.761. The second-order valence-corrected chi connectivity index (χ2v) is 10.4. The lowest BCUT2D eigenvalue weighted by Gasteiger charge is -2.59. The molecule has 5 aliphatic rings. The van der Waals surface area contributed by atoms with E-state index in [-0.39, 0.29) is 30.6 Å². The second-order valence-electron chi connectivity index (χ2n) is 10.4. The predicted octanol–water partition coefficient (Wildman–Crippen LogP) is 1.47. The fraction of sp³-hybridized carbons (Fsp3) is 0.870. The summed E-state index contributed by atoms with van der Waals surface area (Å²) in [4.78, 5) is 47.6. The SMILES string of the molecule is C[C@H]1[C@H](OC(=O)CCC(=O)N[C@@H](C(=O)O)[C@@H](C)O)O[C@@H]2O[C@@]3(C)CC[C@H]4[C@H](C)CC[C@@H]1[C@@]24OO3. The number of nitrogens with one attached hydrogen (secondary N) is 1. The van der Waals surface area contributed by atoms with E-state index in [2.05, 4.69) is 12.2 Å². The van der Waals surface area contributed by atoms with Crippen molar-refractivity contribution in [1.29, 1.82) is 0 Å². The van der Waals surface area contributed by atoms with E-state index in [1.807, 2.05) is 13.8 Å². The molecule has 10 atom stereocenters. The highest BCUT2D eigenvalue weighted by molar-refractivity contribution is 5.86. The van der Waals surface area contributed by atoms with E-state index in [0.717, 1.165) is 19.3 Å². The summed E-state index contributed by atoms with van der Waals surface area (Å²) < 4.78 is 18.0. The van der Waals surface area contributed by atoms with E-state index >= 15 is 0 Å². The van der Waals surface area contributed by atoms with Crippen LogP contribution in [0.5, 0.6) is 0 Å². The molecule has 192 valence electrons. The number of carbonyl (C=O) groups excluding carboxylic acids is 2. The van der Waals surface area contributed by atoms with Gasteiger partial charge in [0.2, 0.25) is 18.0 Å². The molecule has 4 heterocycles. The Balaban J connectivity index is 1.40. The van der Waals surface area contributed by atoms with Crippen LogP contribution >= 0.6 is 0 Å². The van der Waals surface area contributed by atoms with E-state index in [1.54, 1.807) is 0 Å². The zero-order valence-corrected chi connectivity index (χ0v) is 20.0. The average molecular weight is 486 g/mol. The number of carbonyl (C=O) groups is 3. The molecule has 2 bridgehead atoms. The van der Waals surface area contributed by atoms with Crippen molar-refractivity contribution >= 4 is 17.8 Å². The predicted molar refractivity (Wildman–Crippen MR) is 113 cm³/mol. The van der Waals surface area contributed by atoms with Gasteiger partial charge < -0.3 is 29.7 Å². The Morgan fingerprint density at radius 1 is 1.12 bits per heavy atom. The van der Waals surface area contributed by atoms with Gasteiger partial charge in [0, 0.05) is 24.7 Å². The number of esters is 1. The molecular formula is C23H35NO10. The summed E-state index contributed by atoms with van der Waals surface area (Å²) in [6, 6.07) is -1.45. The highest BCUT2D eigenvalue weighted by atomic mass is 17.3. The molecule has 3 N–H and O–H groups in total. The number of rotatable bonds is 7. The maximum atomic E-state index is 12.5. The Hall–Kier alpha value is -1.79. The van der Waals surface area contributed by atoms with Crippen molar-refractivity contribution in [3.05, 3.63) is 0 Å². The minimum absolute atomic E-state index is 0.00133. The zero-order chi connectivity index (χ0) is 24.8. The molecule has 5 fully saturated rings. The van der Waals surface area contributed by atoms with E-state index in [1.165, 1.54) is 6.92 Å². The Bertz CT molecular complexity index is 820. The normalized spacial score (nSPS) is 42.6. The van der Waals surface area contributed by atoms with Crippen LogP contribution in [0.15, 0.2) is 0 Å². The quantitative estimate of drug-likeness (QED) is 0.357. The molecule has 0 aromatic heterocycles.